The van der Waals surface area contributed by atoms with Gasteiger partial charge in [-0.25, -0.2) is 0 Å². The first kappa shape index (κ1) is 20.6. The van der Waals surface area contributed by atoms with Gasteiger partial charge in [0.15, 0.2) is 0 Å². The number of carbonyl (C=O) groups excluding carboxylic acids is 2. The molecule has 0 unspecified atom stereocenters. The minimum Gasteiger partial charge on any atom is -0.356 e. The lowest BCUT2D eigenvalue weighted by molar-refractivity contribution is -0.138. The smallest absolute Gasteiger partial charge is 0.228 e. The maximum Gasteiger partial charge on any atom is 0.228 e. The number of nitrogens with one attached hydrogen (secondary N) is 1. The molecule has 158 valence electrons. The minimum absolute atomic E-state index is 0.0768. The Morgan fingerprint density at radius 2 is 1.93 bits per heavy atom. The molecule has 1 aliphatic carbocycles. The maximum atomic E-state index is 13.2. The Kier molecular flexibility index (Phi) is 5.94. The lowest BCUT2D eigenvalue weighted by atomic mass is 9.78. The van der Waals surface area contributed by atoms with Crippen LogP contribution < -0.4 is 5.32 Å². The highest BCUT2D eigenvalue weighted by Crippen LogP contribution is 2.39. The molecule has 1 heterocycles. The molecule has 1 saturated heterocycles. The molecule has 0 spiro atoms. The van der Waals surface area contributed by atoms with Gasteiger partial charge in [-0.2, -0.15) is 0 Å². The number of carbonyl (C=O) groups is 2. The van der Waals surface area contributed by atoms with Gasteiger partial charge in [0.1, 0.15) is 0 Å². The van der Waals surface area contributed by atoms with Gasteiger partial charge in [0.05, 0.1) is 5.41 Å². The fraction of sp³-hybridized carbons (Fsp3) is 0.462. The van der Waals surface area contributed by atoms with Crippen LogP contribution in [0.2, 0.25) is 0 Å². The van der Waals surface area contributed by atoms with Crippen LogP contribution in [0.4, 0.5) is 0 Å². The maximum absolute atomic E-state index is 13.2. The summed E-state index contributed by atoms with van der Waals surface area (Å²) in [7, 11) is 0. The normalized spacial score (nSPS) is 21.3. The second kappa shape index (κ2) is 8.63. The van der Waals surface area contributed by atoms with Gasteiger partial charge in [0.25, 0.3) is 0 Å². The fourth-order valence-electron chi connectivity index (χ4n) is 4.87. The zero-order valence-corrected chi connectivity index (χ0v) is 18.1. The van der Waals surface area contributed by atoms with E-state index in [-0.39, 0.29) is 17.7 Å². The third kappa shape index (κ3) is 4.00. The van der Waals surface area contributed by atoms with E-state index in [1.807, 2.05) is 17.9 Å². The first-order valence-electron chi connectivity index (χ1n) is 11.2. The number of amides is 2. The van der Waals surface area contributed by atoms with Crippen molar-refractivity contribution < 1.29 is 9.59 Å². The largest absolute Gasteiger partial charge is 0.356 e. The number of hydrogen-bond acceptors (Lipinski definition) is 2. The number of likely N-dealkylation sites (tertiary alicyclic amines) is 1. The molecule has 4 rings (SSSR count). The average Bonchev–Trinajstić information content (AvgIpc) is 3.13. The summed E-state index contributed by atoms with van der Waals surface area (Å²) in [5.41, 5.74) is 4.19. The van der Waals surface area contributed by atoms with Crippen LogP contribution in [0.3, 0.4) is 0 Å². The number of nitrogens with zero attached hydrogens (tertiary/aromatic N) is 1. The Balaban J connectivity index is 1.64. The van der Waals surface area contributed by atoms with Gasteiger partial charge < -0.3 is 10.2 Å². The molecule has 1 atom stereocenters. The molecule has 2 aromatic rings. The predicted molar refractivity (Wildman–Crippen MR) is 120 cm³/mol. The highest BCUT2D eigenvalue weighted by Gasteiger charge is 2.47. The third-order valence-electron chi connectivity index (χ3n) is 6.81. The van der Waals surface area contributed by atoms with Crippen molar-refractivity contribution >= 4 is 11.8 Å². The Labute approximate surface area is 179 Å². The lowest BCUT2D eigenvalue weighted by Crippen LogP contribution is -2.46. The summed E-state index contributed by atoms with van der Waals surface area (Å²) >= 11 is 0. The molecule has 4 nitrogen and oxygen atoms in total. The van der Waals surface area contributed by atoms with Crippen LogP contribution >= 0.6 is 0 Å². The zero-order valence-electron chi connectivity index (χ0n) is 18.1. The third-order valence-corrected chi connectivity index (χ3v) is 6.81. The summed E-state index contributed by atoms with van der Waals surface area (Å²) in [4.78, 5) is 28.1. The van der Waals surface area contributed by atoms with Crippen LogP contribution in [0, 0.1) is 18.3 Å². The molecule has 2 aliphatic rings. The summed E-state index contributed by atoms with van der Waals surface area (Å²) in [5, 5.41) is 3.06. The number of benzene rings is 2. The quantitative estimate of drug-likeness (QED) is 0.778. The molecule has 0 aromatic heterocycles. The van der Waals surface area contributed by atoms with Crippen LogP contribution in [0.5, 0.6) is 0 Å². The molecule has 2 fully saturated rings. The predicted octanol–water partition coefficient (Wildman–Crippen LogP) is 4.36. The number of hydrogen-bond donors (Lipinski definition) is 1. The van der Waals surface area contributed by atoms with Crippen LogP contribution in [-0.4, -0.2) is 36.3 Å². The zero-order chi connectivity index (χ0) is 21.1. The highest BCUT2D eigenvalue weighted by atomic mass is 16.2. The van der Waals surface area contributed by atoms with Crippen LogP contribution in [-0.2, 0) is 16.0 Å². The van der Waals surface area contributed by atoms with Crippen molar-refractivity contribution in [3.8, 4) is 11.1 Å². The van der Waals surface area contributed by atoms with E-state index >= 15 is 0 Å². The van der Waals surface area contributed by atoms with Crippen molar-refractivity contribution in [3.05, 3.63) is 59.7 Å². The Morgan fingerprint density at radius 1 is 1.13 bits per heavy atom. The SMILES string of the molecule is CCNC(=O)[C@]1(Cc2ccccc2-c2cccc(C)c2)CCN(C(=O)C2CCC2)C1. The van der Waals surface area contributed by atoms with Crippen molar-refractivity contribution in [1.82, 2.24) is 10.2 Å². The molecular weight excluding hydrogens is 372 g/mol. The van der Waals surface area contributed by atoms with Gasteiger partial charge in [-0.05, 0) is 56.2 Å². The lowest BCUT2D eigenvalue weighted by Gasteiger charge is -2.32. The van der Waals surface area contributed by atoms with Gasteiger partial charge in [-0.15, -0.1) is 0 Å². The van der Waals surface area contributed by atoms with E-state index in [0.717, 1.165) is 25.7 Å². The van der Waals surface area contributed by atoms with E-state index < -0.39 is 5.41 Å². The van der Waals surface area contributed by atoms with Crippen molar-refractivity contribution in [2.75, 3.05) is 19.6 Å². The molecule has 0 bridgehead atoms. The molecule has 1 N–H and O–H groups in total. The molecule has 1 saturated carbocycles. The first-order valence-corrected chi connectivity index (χ1v) is 11.2. The summed E-state index contributed by atoms with van der Waals surface area (Å²) < 4.78 is 0. The first-order chi connectivity index (χ1) is 14.5. The highest BCUT2D eigenvalue weighted by molar-refractivity contribution is 5.87. The van der Waals surface area contributed by atoms with Gasteiger partial charge in [-0.3, -0.25) is 9.59 Å². The summed E-state index contributed by atoms with van der Waals surface area (Å²) in [6, 6.07) is 16.9. The van der Waals surface area contributed by atoms with E-state index in [0.29, 0.717) is 26.1 Å². The van der Waals surface area contributed by atoms with E-state index in [2.05, 4.69) is 54.7 Å². The topological polar surface area (TPSA) is 49.4 Å². The van der Waals surface area contributed by atoms with Gasteiger partial charge in [0.2, 0.25) is 11.8 Å². The molecule has 2 aromatic carbocycles. The second-order valence-corrected chi connectivity index (χ2v) is 8.98. The van der Waals surface area contributed by atoms with Crippen LogP contribution in [0.15, 0.2) is 48.5 Å². The summed E-state index contributed by atoms with van der Waals surface area (Å²) in [6.07, 6.45) is 4.52. The van der Waals surface area contributed by atoms with E-state index in [1.165, 1.54) is 22.3 Å². The molecule has 0 radical (unpaired) electrons. The fourth-order valence-corrected chi connectivity index (χ4v) is 4.87. The van der Waals surface area contributed by atoms with Gasteiger partial charge >= 0.3 is 0 Å². The standard InChI is InChI=1S/C26H32N2O2/c1-3-27-25(30)26(14-15-28(18-26)24(29)20-10-7-11-20)17-22-9-4-5-13-23(22)21-12-6-8-19(2)16-21/h4-6,8-9,12-13,16,20H,3,7,10-11,14-15,17-18H2,1-2H3,(H,27,30)/t26-/m0/s1. The van der Waals surface area contributed by atoms with Gasteiger partial charge in [-0.1, -0.05) is 60.5 Å². The summed E-state index contributed by atoms with van der Waals surface area (Å²) in [5.74, 6) is 0.502. The minimum atomic E-state index is -0.560. The van der Waals surface area contributed by atoms with Crippen molar-refractivity contribution in [2.24, 2.45) is 11.3 Å². The average molecular weight is 405 g/mol. The molecular formula is C26H32N2O2. The van der Waals surface area contributed by atoms with Crippen molar-refractivity contribution in [1.29, 1.82) is 0 Å². The van der Waals surface area contributed by atoms with Crippen molar-refractivity contribution in [3.63, 3.8) is 0 Å². The molecule has 4 heteroatoms. The van der Waals surface area contributed by atoms with E-state index in [9.17, 15) is 9.59 Å². The second-order valence-electron chi connectivity index (χ2n) is 8.98. The van der Waals surface area contributed by atoms with Crippen LogP contribution in [0.1, 0.15) is 43.7 Å². The Bertz CT molecular complexity index is 934. The van der Waals surface area contributed by atoms with E-state index in [1.54, 1.807) is 0 Å². The van der Waals surface area contributed by atoms with Crippen molar-refractivity contribution in [2.45, 2.75) is 46.0 Å². The monoisotopic (exact) mass is 404 g/mol. The Morgan fingerprint density at radius 3 is 2.63 bits per heavy atom. The number of rotatable bonds is 6. The molecule has 30 heavy (non-hydrogen) atoms. The van der Waals surface area contributed by atoms with Crippen LogP contribution in [0.25, 0.3) is 11.1 Å². The molecule has 1 aliphatic heterocycles. The van der Waals surface area contributed by atoms with E-state index in [4.69, 9.17) is 0 Å². The number of aryl methyl sites for hydroxylation is 1. The molecule has 2 amide bonds. The van der Waals surface area contributed by atoms with Gasteiger partial charge in [0, 0.05) is 25.6 Å². The summed E-state index contributed by atoms with van der Waals surface area (Å²) in [6.45, 7) is 5.87. The Hall–Kier alpha value is -2.62.